The average molecular weight is 228 g/mol. The van der Waals surface area contributed by atoms with E-state index in [1.807, 2.05) is 12.4 Å². The van der Waals surface area contributed by atoms with E-state index in [4.69, 9.17) is 0 Å². The molecule has 0 aliphatic rings. The first-order chi connectivity index (χ1) is 8.16. The lowest BCUT2D eigenvalue weighted by atomic mass is 10.2. The topological polar surface area (TPSA) is 17.8 Å². The minimum atomic E-state index is 0.463. The van der Waals surface area contributed by atoms with Gasteiger partial charge in [0.05, 0.1) is 5.52 Å². The Labute approximate surface area is 103 Å². The van der Waals surface area contributed by atoms with Crippen molar-refractivity contribution >= 4 is 17.0 Å². The van der Waals surface area contributed by atoms with Crippen LogP contribution < -0.4 is 0 Å². The molecular formula is C15H20N2. The molecule has 2 aromatic rings. The molecule has 0 fully saturated rings. The Bertz CT molecular complexity index is 547. The molecule has 0 amide bonds. The van der Waals surface area contributed by atoms with Crippen molar-refractivity contribution in [1.29, 1.82) is 0 Å². The predicted molar refractivity (Wildman–Crippen MR) is 74.2 cm³/mol. The lowest BCUT2D eigenvalue weighted by Gasteiger charge is -2.12. The highest BCUT2D eigenvalue weighted by atomic mass is 15.0. The van der Waals surface area contributed by atoms with Crippen molar-refractivity contribution in [2.24, 2.45) is 0 Å². The summed E-state index contributed by atoms with van der Waals surface area (Å²) >= 11 is 0. The van der Waals surface area contributed by atoms with Gasteiger partial charge < -0.3 is 4.57 Å². The highest BCUT2D eigenvalue weighted by Gasteiger charge is 2.13. The van der Waals surface area contributed by atoms with Crippen molar-refractivity contribution in [3.63, 3.8) is 0 Å². The fourth-order valence-electron chi connectivity index (χ4n) is 2.33. The van der Waals surface area contributed by atoms with Crippen molar-refractivity contribution in [3.8, 4) is 0 Å². The number of nitrogens with zero attached hydrogens (tertiary/aromatic N) is 2. The monoisotopic (exact) mass is 228 g/mol. The van der Waals surface area contributed by atoms with Gasteiger partial charge in [-0.2, -0.15) is 0 Å². The van der Waals surface area contributed by atoms with Crippen molar-refractivity contribution in [1.82, 2.24) is 9.55 Å². The number of hydrogen-bond donors (Lipinski definition) is 0. The number of hydrogen-bond acceptors (Lipinski definition) is 1. The summed E-state index contributed by atoms with van der Waals surface area (Å²) in [4.78, 5) is 4.23. The smallest absolute Gasteiger partial charge is 0.0521 e. The normalized spacial score (nSPS) is 12.1. The molecule has 17 heavy (non-hydrogen) atoms. The van der Waals surface area contributed by atoms with Gasteiger partial charge in [0.15, 0.2) is 0 Å². The molecule has 0 aliphatic heterocycles. The molecule has 0 saturated carbocycles. The second-order valence-electron chi connectivity index (χ2n) is 4.68. The van der Waals surface area contributed by atoms with Crippen LogP contribution in [-0.4, -0.2) is 9.55 Å². The van der Waals surface area contributed by atoms with Crippen LogP contribution in [0.3, 0.4) is 0 Å². The number of fused-ring (bicyclic) bond motifs is 1. The predicted octanol–water partition coefficient (Wildman–Crippen LogP) is 4.35. The Morgan fingerprint density at radius 1 is 1.41 bits per heavy atom. The Kier molecular flexibility index (Phi) is 3.32. The largest absolute Gasteiger partial charge is 0.338 e. The first-order valence-corrected chi connectivity index (χ1v) is 6.27. The lowest BCUT2D eigenvalue weighted by Crippen LogP contribution is -2.02. The van der Waals surface area contributed by atoms with E-state index in [2.05, 4.69) is 55.5 Å². The molecule has 0 bridgehead atoms. The van der Waals surface area contributed by atoms with Crippen LogP contribution in [0.15, 0.2) is 24.5 Å². The van der Waals surface area contributed by atoms with Crippen LogP contribution in [-0.2, 0) is 0 Å². The number of aromatic nitrogens is 2. The molecule has 0 aliphatic carbocycles. The zero-order chi connectivity index (χ0) is 12.4. The summed E-state index contributed by atoms with van der Waals surface area (Å²) in [6.07, 6.45) is 9.35. The number of aryl methyl sites for hydroxylation is 1. The fourth-order valence-corrected chi connectivity index (χ4v) is 2.33. The third kappa shape index (κ3) is 1.99. The van der Waals surface area contributed by atoms with Crippen molar-refractivity contribution < 1.29 is 0 Å². The summed E-state index contributed by atoms with van der Waals surface area (Å²) in [5, 5.41) is 1.26. The van der Waals surface area contributed by atoms with Gasteiger partial charge in [-0.15, -0.1) is 0 Å². The van der Waals surface area contributed by atoms with E-state index in [1.165, 1.54) is 22.2 Å². The Balaban J connectivity index is 2.75. The third-order valence-corrected chi connectivity index (χ3v) is 3.13. The highest BCUT2D eigenvalue weighted by molar-refractivity contribution is 5.87. The minimum Gasteiger partial charge on any atom is -0.338 e. The van der Waals surface area contributed by atoms with Gasteiger partial charge in [-0.1, -0.05) is 13.0 Å². The number of pyridine rings is 1. The summed E-state index contributed by atoms with van der Waals surface area (Å²) in [6.45, 7) is 8.79. The van der Waals surface area contributed by atoms with Crippen LogP contribution in [0.5, 0.6) is 0 Å². The van der Waals surface area contributed by atoms with Crippen LogP contribution >= 0.6 is 0 Å². The minimum absolute atomic E-state index is 0.463. The van der Waals surface area contributed by atoms with Gasteiger partial charge in [0.1, 0.15) is 0 Å². The van der Waals surface area contributed by atoms with Crippen LogP contribution in [0.1, 0.15) is 44.5 Å². The fraction of sp³-hybridized carbons (Fsp3) is 0.400. The molecule has 0 aromatic carbocycles. The summed E-state index contributed by atoms with van der Waals surface area (Å²) in [6, 6.07) is 2.57. The average Bonchev–Trinajstić information content (AvgIpc) is 2.60. The van der Waals surface area contributed by atoms with E-state index in [0.29, 0.717) is 6.04 Å². The molecular weight excluding hydrogens is 208 g/mol. The quantitative estimate of drug-likeness (QED) is 0.763. The van der Waals surface area contributed by atoms with Gasteiger partial charge in [0.25, 0.3) is 0 Å². The molecule has 0 saturated heterocycles. The number of allylic oxidation sites excluding steroid dienone is 1. The zero-order valence-electron chi connectivity index (χ0n) is 11.1. The maximum atomic E-state index is 4.23. The molecule has 2 nitrogen and oxygen atoms in total. The van der Waals surface area contributed by atoms with Gasteiger partial charge in [0.2, 0.25) is 0 Å². The lowest BCUT2D eigenvalue weighted by molar-refractivity contribution is 0.617. The SMILES string of the molecule is CC/C=C\c1c(C)c2cnccc2n1C(C)C. The summed E-state index contributed by atoms with van der Waals surface area (Å²) in [5.74, 6) is 0. The summed E-state index contributed by atoms with van der Waals surface area (Å²) < 4.78 is 2.39. The van der Waals surface area contributed by atoms with E-state index >= 15 is 0 Å². The van der Waals surface area contributed by atoms with E-state index in [0.717, 1.165) is 6.42 Å². The van der Waals surface area contributed by atoms with E-state index < -0.39 is 0 Å². The Morgan fingerprint density at radius 3 is 2.82 bits per heavy atom. The summed E-state index contributed by atoms with van der Waals surface area (Å²) in [7, 11) is 0. The maximum absolute atomic E-state index is 4.23. The standard InChI is InChI=1S/C15H20N2/c1-5-6-7-14-12(4)13-10-16-9-8-15(13)17(14)11(2)3/h6-11H,5H2,1-4H3/b7-6-. The molecule has 0 N–H and O–H groups in total. The second-order valence-corrected chi connectivity index (χ2v) is 4.68. The molecule has 0 unspecified atom stereocenters. The zero-order valence-corrected chi connectivity index (χ0v) is 11.1. The van der Waals surface area contributed by atoms with Crippen LogP contribution in [0.2, 0.25) is 0 Å². The van der Waals surface area contributed by atoms with Gasteiger partial charge in [0, 0.05) is 29.5 Å². The molecule has 0 radical (unpaired) electrons. The molecule has 90 valence electrons. The van der Waals surface area contributed by atoms with Crippen molar-refractivity contribution in [2.45, 2.75) is 40.2 Å². The van der Waals surface area contributed by atoms with E-state index in [-0.39, 0.29) is 0 Å². The summed E-state index contributed by atoms with van der Waals surface area (Å²) in [5.41, 5.74) is 3.92. The molecule has 2 rings (SSSR count). The molecule has 0 spiro atoms. The highest BCUT2D eigenvalue weighted by Crippen LogP contribution is 2.29. The number of rotatable bonds is 3. The van der Waals surface area contributed by atoms with Gasteiger partial charge in [-0.3, -0.25) is 4.98 Å². The van der Waals surface area contributed by atoms with Gasteiger partial charge >= 0.3 is 0 Å². The molecule has 0 atom stereocenters. The van der Waals surface area contributed by atoms with Gasteiger partial charge in [-0.25, -0.2) is 0 Å². The van der Waals surface area contributed by atoms with Gasteiger partial charge in [-0.05, 0) is 44.9 Å². The van der Waals surface area contributed by atoms with E-state index in [1.54, 1.807) is 0 Å². The van der Waals surface area contributed by atoms with Crippen molar-refractivity contribution in [2.75, 3.05) is 0 Å². The first-order valence-electron chi connectivity index (χ1n) is 6.27. The van der Waals surface area contributed by atoms with Crippen LogP contribution in [0.4, 0.5) is 0 Å². The van der Waals surface area contributed by atoms with Crippen molar-refractivity contribution in [3.05, 3.63) is 35.8 Å². The third-order valence-electron chi connectivity index (χ3n) is 3.13. The maximum Gasteiger partial charge on any atom is 0.0521 e. The van der Waals surface area contributed by atoms with E-state index in [9.17, 15) is 0 Å². The Morgan fingerprint density at radius 2 is 2.18 bits per heavy atom. The molecule has 2 heterocycles. The first kappa shape index (κ1) is 11.9. The molecule has 2 aromatic heterocycles. The van der Waals surface area contributed by atoms with Crippen LogP contribution in [0.25, 0.3) is 17.0 Å². The molecule has 2 heteroatoms. The second kappa shape index (κ2) is 4.74. The Hall–Kier alpha value is -1.57. The van der Waals surface area contributed by atoms with Crippen LogP contribution in [0, 0.1) is 6.92 Å².